The standard InChI is InChI=1S/C17H19N9O/c1-3-26-12(8-11(2)23-26)20-13(27)9-25-10-19-14-15(24-6-4-5-7-24)21-17(18)22-16(14)25/h4-8,10H,3,9H2,1-2H3,(H,20,27)(H2,18,21,22). The first-order valence-corrected chi connectivity index (χ1v) is 8.51. The Kier molecular flexibility index (Phi) is 4.07. The minimum absolute atomic E-state index is 0.0476. The van der Waals surface area contributed by atoms with Crippen molar-refractivity contribution in [3.63, 3.8) is 0 Å². The summed E-state index contributed by atoms with van der Waals surface area (Å²) in [5.41, 5.74) is 7.78. The van der Waals surface area contributed by atoms with Crippen molar-refractivity contribution in [1.82, 2.24) is 33.9 Å². The average Bonchev–Trinajstić information content (AvgIpc) is 3.35. The summed E-state index contributed by atoms with van der Waals surface area (Å²) in [5.74, 6) is 1.14. The van der Waals surface area contributed by atoms with Gasteiger partial charge >= 0.3 is 0 Å². The number of hydrogen-bond donors (Lipinski definition) is 2. The van der Waals surface area contributed by atoms with Crippen LogP contribution < -0.4 is 11.1 Å². The molecule has 0 bridgehead atoms. The molecule has 10 heteroatoms. The van der Waals surface area contributed by atoms with E-state index >= 15 is 0 Å². The Balaban J connectivity index is 1.64. The fourth-order valence-corrected chi connectivity index (χ4v) is 2.94. The highest BCUT2D eigenvalue weighted by Gasteiger charge is 2.16. The number of hydrogen-bond acceptors (Lipinski definition) is 6. The van der Waals surface area contributed by atoms with Gasteiger partial charge in [0, 0.05) is 25.0 Å². The molecule has 4 rings (SSSR count). The Morgan fingerprint density at radius 1 is 1.26 bits per heavy atom. The Labute approximate surface area is 154 Å². The van der Waals surface area contributed by atoms with E-state index in [0.29, 0.717) is 29.3 Å². The van der Waals surface area contributed by atoms with E-state index in [4.69, 9.17) is 5.73 Å². The number of aryl methyl sites for hydroxylation is 2. The van der Waals surface area contributed by atoms with Crippen LogP contribution in [0.1, 0.15) is 12.6 Å². The summed E-state index contributed by atoms with van der Waals surface area (Å²) in [5, 5.41) is 7.20. The number of nitrogens with zero attached hydrogens (tertiary/aromatic N) is 7. The Bertz CT molecular complexity index is 1110. The minimum atomic E-state index is -0.205. The molecule has 4 heterocycles. The predicted molar refractivity (Wildman–Crippen MR) is 100 cm³/mol. The van der Waals surface area contributed by atoms with Crippen LogP contribution in [0, 0.1) is 6.92 Å². The van der Waals surface area contributed by atoms with Crippen molar-refractivity contribution in [2.75, 3.05) is 11.1 Å². The van der Waals surface area contributed by atoms with Gasteiger partial charge in [-0.25, -0.2) is 9.67 Å². The fraction of sp³-hybridized carbons (Fsp3) is 0.235. The monoisotopic (exact) mass is 365 g/mol. The third kappa shape index (κ3) is 3.12. The second-order valence-electron chi connectivity index (χ2n) is 6.08. The van der Waals surface area contributed by atoms with E-state index in [1.54, 1.807) is 20.1 Å². The van der Waals surface area contributed by atoms with Crippen LogP contribution in [0.25, 0.3) is 17.0 Å². The summed E-state index contributed by atoms with van der Waals surface area (Å²) in [4.78, 5) is 25.4. The molecule has 10 nitrogen and oxygen atoms in total. The third-order valence-electron chi connectivity index (χ3n) is 4.09. The van der Waals surface area contributed by atoms with Gasteiger partial charge < -0.3 is 20.2 Å². The van der Waals surface area contributed by atoms with Gasteiger partial charge in [-0.2, -0.15) is 15.1 Å². The summed E-state index contributed by atoms with van der Waals surface area (Å²) in [6.07, 6.45) is 5.26. The lowest BCUT2D eigenvalue weighted by Crippen LogP contribution is -2.20. The lowest BCUT2D eigenvalue weighted by atomic mass is 10.4. The van der Waals surface area contributed by atoms with Crippen LogP contribution in [0.15, 0.2) is 36.9 Å². The summed E-state index contributed by atoms with van der Waals surface area (Å²) in [7, 11) is 0. The van der Waals surface area contributed by atoms with E-state index in [1.165, 1.54) is 0 Å². The first kappa shape index (κ1) is 16.8. The van der Waals surface area contributed by atoms with Crippen LogP contribution in [0.3, 0.4) is 0 Å². The Hall–Kier alpha value is -3.69. The number of rotatable bonds is 5. The minimum Gasteiger partial charge on any atom is -0.368 e. The zero-order valence-corrected chi connectivity index (χ0v) is 15.0. The SMILES string of the molecule is CCn1nc(C)cc1NC(=O)Cn1cnc2c(-n3cccc3)nc(N)nc21. The Morgan fingerprint density at radius 2 is 2.04 bits per heavy atom. The van der Waals surface area contributed by atoms with E-state index in [-0.39, 0.29) is 18.4 Å². The van der Waals surface area contributed by atoms with E-state index in [0.717, 1.165) is 5.69 Å². The number of anilines is 2. The molecule has 138 valence electrons. The van der Waals surface area contributed by atoms with Crippen molar-refractivity contribution in [1.29, 1.82) is 0 Å². The number of carbonyl (C=O) groups excluding carboxylic acids is 1. The van der Waals surface area contributed by atoms with Gasteiger partial charge in [-0.3, -0.25) is 4.79 Å². The fourth-order valence-electron chi connectivity index (χ4n) is 2.94. The second kappa shape index (κ2) is 6.56. The highest BCUT2D eigenvalue weighted by molar-refractivity contribution is 5.91. The maximum Gasteiger partial charge on any atom is 0.245 e. The Morgan fingerprint density at radius 3 is 2.78 bits per heavy atom. The maximum atomic E-state index is 12.5. The highest BCUT2D eigenvalue weighted by Crippen LogP contribution is 2.19. The van der Waals surface area contributed by atoms with Gasteiger partial charge in [0.05, 0.1) is 12.0 Å². The number of amides is 1. The van der Waals surface area contributed by atoms with Crippen molar-refractivity contribution in [3.05, 3.63) is 42.6 Å². The van der Waals surface area contributed by atoms with Crippen molar-refractivity contribution in [3.8, 4) is 5.82 Å². The van der Waals surface area contributed by atoms with E-state index in [9.17, 15) is 4.79 Å². The topological polar surface area (TPSA) is 121 Å². The smallest absolute Gasteiger partial charge is 0.245 e. The van der Waals surface area contributed by atoms with E-state index in [2.05, 4.69) is 25.4 Å². The quantitative estimate of drug-likeness (QED) is 0.551. The normalized spacial score (nSPS) is 11.2. The molecule has 0 atom stereocenters. The van der Waals surface area contributed by atoms with Crippen LogP contribution in [-0.4, -0.2) is 39.8 Å². The van der Waals surface area contributed by atoms with Gasteiger partial charge in [0.25, 0.3) is 0 Å². The van der Waals surface area contributed by atoms with Crippen LogP contribution in [0.5, 0.6) is 0 Å². The molecule has 0 saturated heterocycles. The van der Waals surface area contributed by atoms with Crippen molar-refractivity contribution in [2.45, 2.75) is 26.9 Å². The average molecular weight is 365 g/mol. The number of imidazole rings is 1. The summed E-state index contributed by atoms with van der Waals surface area (Å²) < 4.78 is 5.19. The maximum absolute atomic E-state index is 12.5. The first-order valence-electron chi connectivity index (χ1n) is 8.51. The van der Waals surface area contributed by atoms with Crippen LogP contribution in [-0.2, 0) is 17.9 Å². The van der Waals surface area contributed by atoms with Gasteiger partial charge in [-0.15, -0.1) is 0 Å². The molecule has 27 heavy (non-hydrogen) atoms. The number of fused-ring (bicyclic) bond motifs is 1. The summed E-state index contributed by atoms with van der Waals surface area (Å²) >= 11 is 0. The van der Waals surface area contributed by atoms with Gasteiger partial charge in [0.15, 0.2) is 17.0 Å². The molecule has 0 unspecified atom stereocenters. The molecule has 0 aliphatic rings. The summed E-state index contributed by atoms with van der Waals surface area (Å²) in [6.45, 7) is 4.56. The molecule has 4 aromatic rings. The molecule has 0 spiro atoms. The molecule has 4 aromatic heterocycles. The number of nitrogens with two attached hydrogens (primary N) is 1. The molecular weight excluding hydrogens is 346 g/mol. The van der Waals surface area contributed by atoms with Crippen molar-refractivity contribution < 1.29 is 4.79 Å². The number of carbonyl (C=O) groups is 1. The lowest BCUT2D eigenvalue weighted by Gasteiger charge is -2.08. The van der Waals surface area contributed by atoms with Crippen molar-refractivity contribution in [2.24, 2.45) is 0 Å². The van der Waals surface area contributed by atoms with Gasteiger partial charge in [-0.1, -0.05) is 0 Å². The van der Waals surface area contributed by atoms with Gasteiger partial charge in [-0.05, 0) is 26.0 Å². The van der Waals surface area contributed by atoms with Crippen molar-refractivity contribution >= 4 is 28.8 Å². The van der Waals surface area contributed by atoms with E-state index < -0.39 is 0 Å². The van der Waals surface area contributed by atoms with Gasteiger partial charge in [0.1, 0.15) is 12.4 Å². The lowest BCUT2D eigenvalue weighted by molar-refractivity contribution is -0.116. The van der Waals surface area contributed by atoms with Gasteiger partial charge in [0.2, 0.25) is 11.9 Å². The third-order valence-corrected chi connectivity index (χ3v) is 4.09. The molecule has 0 radical (unpaired) electrons. The van der Waals surface area contributed by atoms with E-state index in [1.807, 2.05) is 44.4 Å². The number of nitrogens with one attached hydrogen (secondary N) is 1. The number of aromatic nitrogens is 7. The summed E-state index contributed by atoms with van der Waals surface area (Å²) in [6, 6.07) is 5.60. The predicted octanol–water partition coefficient (Wildman–Crippen LogP) is 1.36. The number of nitrogen functional groups attached to an aromatic ring is 1. The molecule has 0 saturated carbocycles. The first-order chi connectivity index (χ1) is 13.0. The molecule has 3 N–H and O–H groups in total. The second-order valence-corrected chi connectivity index (χ2v) is 6.08. The van der Waals surface area contributed by atoms with Crippen LogP contribution in [0.4, 0.5) is 11.8 Å². The molecule has 1 amide bonds. The molecule has 0 aliphatic carbocycles. The van der Waals surface area contributed by atoms with Crippen LogP contribution >= 0.6 is 0 Å². The zero-order chi connectivity index (χ0) is 19.0. The molecular formula is C17H19N9O. The zero-order valence-electron chi connectivity index (χ0n) is 15.0. The molecule has 0 fully saturated rings. The largest absolute Gasteiger partial charge is 0.368 e. The van der Waals surface area contributed by atoms with Crippen LogP contribution in [0.2, 0.25) is 0 Å². The highest BCUT2D eigenvalue weighted by atomic mass is 16.2. The molecule has 0 aromatic carbocycles. The molecule has 0 aliphatic heterocycles.